The van der Waals surface area contributed by atoms with E-state index in [1.165, 1.54) is 4.88 Å². The molecule has 0 bridgehead atoms. The number of rotatable bonds is 5. The summed E-state index contributed by atoms with van der Waals surface area (Å²) in [5.41, 5.74) is 1.13. The predicted octanol–water partition coefficient (Wildman–Crippen LogP) is 3.98. The molecule has 22 heavy (non-hydrogen) atoms. The van der Waals surface area contributed by atoms with Crippen molar-refractivity contribution < 1.29 is 0 Å². The lowest BCUT2D eigenvalue weighted by molar-refractivity contribution is 0.822. The third-order valence-electron chi connectivity index (χ3n) is 2.78. The molecule has 0 saturated carbocycles. The summed E-state index contributed by atoms with van der Waals surface area (Å²) in [6.45, 7) is 6.24. The summed E-state index contributed by atoms with van der Waals surface area (Å²) in [6.07, 6.45) is 1.90. The summed E-state index contributed by atoms with van der Waals surface area (Å²) < 4.78 is 0. The van der Waals surface area contributed by atoms with Gasteiger partial charge in [0.15, 0.2) is 5.96 Å². The van der Waals surface area contributed by atoms with Crippen LogP contribution in [-0.2, 0) is 13.1 Å². The van der Waals surface area contributed by atoms with E-state index < -0.39 is 0 Å². The lowest BCUT2D eigenvalue weighted by Gasteiger charge is -2.10. The van der Waals surface area contributed by atoms with Crippen LogP contribution in [0, 0.1) is 6.92 Å². The fraction of sp³-hybridized carbons (Fsp3) is 0.333. The van der Waals surface area contributed by atoms with Crippen LogP contribution in [0.5, 0.6) is 0 Å². The van der Waals surface area contributed by atoms with Gasteiger partial charge >= 0.3 is 0 Å². The summed E-state index contributed by atoms with van der Waals surface area (Å²) in [5.74, 6) is 0.804. The first kappa shape index (κ1) is 19.2. The quantitative estimate of drug-likeness (QED) is 0.412. The van der Waals surface area contributed by atoms with Crippen molar-refractivity contribution in [2.24, 2.45) is 4.99 Å². The van der Waals surface area contributed by atoms with Crippen LogP contribution in [0.25, 0.3) is 0 Å². The standard InChI is InChI=1S/C15H19ClN4S.HI/c1-3-17-15(20-10-14-9-18-11(2)21-14)19-8-12-4-6-13(16)7-5-12;/h4-7,9H,3,8,10H2,1-2H3,(H2,17,19,20);1H. The number of aliphatic imine (C=N–C) groups is 1. The zero-order chi connectivity index (χ0) is 15.1. The molecule has 0 unspecified atom stereocenters. The molecule has 0 aliphatic rings. The summed E-state index contributed by atoms with van der Waals surface area (Å²) in [6, 6.07) is 7.74. The molecule has 0 radical (unpaired) electrons. The number of thiazole rings is 1. The van der Waals surface area contributed by atoms with Gasteiger partial charge in [-0.15, -0.1) is 35.3 Å². The van der Waals surface area contributed by atoms with Crippen LogP contribution in [0.3, 0.4) is 0 Å². The maximum atomic E-state index is 5.88. The maximum absolute atomic E-state index is 5.88. The third kappa shape index (κ3) is 6.50. The Labute approximate surface area is 157 Å². The second-order valence-electron chi connectivity index (χ2n) is 4.52. The van der Waals surface area contributed by atoms with Crippen molar-refractivity contribution in [3.8, 4) is 0 Å². The van der Waals surface area contributed by atoms with Crippen molar-refractivity contribution in [1.29, 1.82) is 0 Å². The van der Waals surface area contributed by atoms with Gasteiger partial charge in [0.1, 0.15) is 0 Å². The molecule has 1 heterocycles. The molecular weight excluding hydrogens is 431 g/mol. The number of benzene rings is 1. The van der Waals surface area contributed by atoms with Crippen LogP contribution in [-0.4, -0.2) is 17.5 Å². The normalized spacial score (nSPS) is 11.0. The van der Waals surface area contributed by atoms with E-state index in [0.717, 1.165) is 34.6 Å². The smallest absolute Gasteiger partial charge is 0.191 e. The number of nitrogens with one attached hydrogen (secondary N) is 2. The van der Waals surface area contributed by atoms with Crippen molar-refractivity contribution in [2.75, 3.05) is 6.54 Å². The first-order valence-corrected chi connectivity index (χ1v) is 8.04. The molecule has 4 nitrogen and oxygen atoms in total. The average molecular weight is 451 g/mol. The Balaban J connectivity index is 0.00000242. The minimum absolute atomic E-state index is 0. The highest BCUT2D eigenvalue weighted by Crippen LogP contribution is 2.11. The molecule has 120 valence electrons. The molecule has 0 aliphatic heterocycles. The van der Waals surface area contributed by atoms with Crippen molar-refractivity contribution in [2.45, 2.75) is 26.9 Å². The largest absolute Gasteiger partial charge is 0.357 e. The van der Waals surface area contributed by atoms with Crippen molar-refractivity contribution in [1.82, 2.24) is 15.6 Å². The molecule has 0 amide bonds. The number of nitrogens with zero attached hydrogens (tertiary/aromatic N) is 2. The number of aryl methyl sites for hydroxylation is 1. The molecule has 7 heteroatoms. The minimum atomic E-state index is 0. The van der Waals surface area contributed by atoms with Crippen LogP contribution in [0.15, 0.2) is 35.5 Å². The molecule has 0 spiro atoms. The monoisotopic (exact) mass is 450 g/mol. The highest BCUT2D eigenvalue weighted by molar-refractivity contribution is 14.0. The van der Waals surface area contributed by atoms with Gasteiger partial charge in [0, 0.05) is 22.6 Å². The van der Waals surface area contributed by atoms with Gasteiger partial charge in [-0.2, -0.15) is 0 Å². The number of hydrogen-bond acceptors (Lipinski definition) is 3. The van der Waals surface area contributed by atoms with Crippen LogP contribution in [0.4, 0.5) is 0 Å². The summed E-state index contributed by atoms with van der Waals surface area (Å²) in [7, 11) is 0. The Bertz CT molecular complexity index is 598. The van der Waals surface area contributed by atoms with Gasteiger partial charge in [-0.3, -0.25) is 0 Å². The molecule has 0 fully saturated rings. The number of aromatic nitrogens is 1. The van der Waals surface area contributed by atoms with E-state index in [1.807, 2.05) is 37.4 Å². The maximum Gasteiger partial charge on any atom is 0.191 e. The molecule has 2 N–H and O–H groups in total. The van der Waals surface area contributed by atoms with Crippen LogP contribution in [0.2, 0.25) is 5.02 Å². The molecular formula is C15H20ClIN4S. The number of guanidine groups is 1. The van der Waals surface area contributed by atoms with Crippen LogP contribution < -0.4 is 10.6 Å². The summed E-state index contributed by atoms with van der Waals surface area (Å²) in [5, 5.41) is 8.38. The van der Waals surface area contributed by atoms with Crippen LogP contribution in [0.1, 0.15) is 22.4 Å². The van der Waals surface area contributed by atoms with Gasteiger partial charge in [-0.1, -0.05) is 23.7 Å². The Morgan fingerprint density at radius 1 is 1.27 bits per heavy atom. The fourth-order valence-corrected chi connectivity index (χ4v) is 2.62. The number of halogens is 2. The van der Waals surface area contributed by atoms with E-state index in [2.05, 4.69) is 27.5 Å². The van der Waals surface area contributed by atoms with Gasteiger partial charge in [0.25, 0.3) is 0 Å². The molecule has 1 aromatic heterocycles. The summed E-state index contributed by atoms with van der Waals surface area (Å²) >= 11 is 7.57. The van der Waals surface area contributed by atoms with Gasteiger partial charge in [0.05, 0.1) is 18.1 Å². The lowest BCUT2D eigenvalue weighted by atomic mass is 10.2. The van der Waals surface area contributed by atoms with E-state index >= 15 is 0 Å². The topological polar surface area (TPSA) is 49.3 Å². The highest BCUT2D eigenvalue weighted by atomic mass is 127. The zero-order valence-electron chi connectivity index (χ0n) is 12.6. The highest BCUT2D eigenvalue weighted by Gasteiger charge is 2.01. The van der Waals surface area contributed by atoms with E-state index in [1.54, 1.807) is 11.3 Å². The van der Waals surface area contributed by atoms with Gasteiger partial charge < -0.3 is 10.6 Å². The van der Waals surface area contributed by atoms with Gasteiger partial charge in [-0.25, -0.2) is 9.98 Å². The van der Waals surface area contributed by atoms with Gasteiger partial charge in [0.2, 0.25) is 0 Å². The molecule has 0 aliphatic carbocycles. The Morgan fingerprint density at radius 3 is 2.59 bits per heavy atom. The van der Waals surface area contributed by atoms with E-state index in [0.29, 0.717) is 6.54 Å². The molecule has 0 saturated heterocycles. The van der Waals surface area contributed by atoms with Crippen molar-refractivity contribution >= 4 is 52.9 Å². The second kappa shape index (κ2) is 10.0. The SMILES string of the molecule is CCNC(=NCc1ccc(Cl)cc1)NCc1cnc(C)s1.I. The third-order valence-corrected chi connectivity index (χ3v) is 3.94. The lowest BCUT2D eigenvalue weighted by Crippen LogP contribution is -2.36. The van der Waals surface area contributed by atoms with Gasteiger partial charge in [-0.05, 0) is 31.5 Å². The first-order valence-electron chi connectivity index (χ1n) is 6.85. The zero-order valence-corrected chi connectivity index (χ0v) is 16.5. The average Bonchev–Trinajstić information content (AvgIpc) is 2.89. The Morgan fingerprint density at radius 2 is 2.00 bits per heavy atom. The first-order chi connectivity index (χ1) is 10.2. The molecule has 0 atom stereocenters. The Hall–Kier alpha value is -0.860. The summed E-state index contributed by atoms with van der Waals surface area (Å²) in [4.78, 5) is 10.0. The predicted molar refractivity (Wildman–Crippen MR) is 105 cm³/mol. The molecule has 2 aromatic rings. The van der Waals surface area contributed by atoms with Crippen molar-refractivity contribution in [3.05, 3.63) is 50.9 Å². The van der Waals surface area contributed by atoms with Crippen LogP contribution >= 0.6 is 46.9 Å². The van der Waals surface area contributed by atoms with E-state index in [9.17, 15) is 0 Å². The van der Waals surface area contributed by atoms with E-state index in [4.69, 9.17) is 11.6 Å². The number of hydrogen-bond donors (Lipinski definition) is 2. The molecule has 1 aromatic carbocycles. The minimum Gasteiger partial charge on any atom is -0.357 e. The fourth-order valence-electron chi connectivity index (χ4n) is 1.76. The second-order valence-corrected chi connectivity index (χ2v) is 6.28. The van der Waals surface area contributed by atoms with Crippen molar-refractivity contribution in [3.63, 3.8) is 0 Å². The Kier molecular flexibility index (Phi) is 8.74. The van der Waals surface area contributed by atoms with E-state index in [-0.39, 0.29) is 24.0 Å². The molecule has 2 rings (SSSR count).